The van der Waals surface area contributed by atoms with Crippen LogP contribution in [-0.4, -0.2) is 5.78 Å². The molecule has 1 aliphatic rings. The van der Waals surface area contributed by atoms with E-state index in [1.807, 2.05) is 30.3 Å². The van der Waals surface area contributed by atoms with Crippen LogP contribution < -0.4 is 0 Å². The quantitative estimate of drug-likeness (QED) is 0.799. The van der Waals surface area contributed by atoms with Crippen molar-refractivity contribution in [3.8, 4) is 0 Å². The van der Waals surface area contributed by atoms with Gasteiger partial charge in [-0.05, 0) is 36.1 Å². The monoisotopic (exact) mass is 302 g/mol. The molecule has 0 atom stereocenters. The lowest BCUT2D eigenvalue weighted by Crippen LogP contribution is -2.43. The predicted octanol–water partition coefficient (Wildman–Crippen LogP) is 4.71. The fourth-order valence-corrected chi connectivity index (χ4v) is 3.26. The van der Waals surface area contributed by atoms with Gasteiger partial charge < -0.3 is 0 Å². The molecule has 1 saturated carbocycles. The fourth-order valence-electron chi connectivity index (χ4n) is 3.02. The largest absolute Gasteiger partial charge is 0.298 e. The smallest absolute Gasteiger partial charge is 0.147 e. The highest BCUT2D eigenvalue weighted by Gasteiger charge is 2.44. The predicted molar refractivity (Wildman–Crippen MR) is 82.1 cm³/mol. The summed E-state index contributed by atoms with van der Waals surface area (Å²) < 4.78 is 13.1. The Hall–Kier alpha value is -1.67. The maximum absolute atomic E-state index is 13.1. The molecule has 21 heavy (non-hydrogen) atoms. The Labute approximate surface area is 128 Å². The first-order chi connectivity index (χ1) is 10.1. The molecule has 0 aromatic heterocycles. The summed E-state index contributed by atoms with van der Waals surface area (Å²) in [7, 11) is 0. The summed E-state index contributed by atoms with van der Waals surface area (Å²) in [5.41, 5.74) is 1.41. The lowest BCUT2D eigenvalue weighted by atomic mass is 9.61. The highest BCUT2D eigenvalue weighted by atomic mass is 35.5. The second kappa shape index (κ2) is 5.61. The van der Waals surface area contributed by atoms with Gasteiger partial charge in [0, 0.05) is 11.4 Å². The van der Waals surface area contributed by atoms with Crippen LogP contribution in [0.2, 0.25) is 5.02 Å². The van der Waals surface area contributed by atoms with E-state index in [-0.39, 0.29) is 23.4 Å². The van der Waals surface area contributed by atoms with Crippen molar-refractivity contribution in [2.45, 2.75) is 31.1 Å². The van der Waals surface area contributed by atoms with Crippen LogP contribution in [0.1, 0.15) is 30.4 Å². The van der Waals surface area contributed by atoms with Crippen LogP contribution >= 0.6 is 11.6 Å². The molecule has 0 aliphatic heterocycles. The first-order valence-corrected chi connectivity index (χ1v) is 7.52. The molecule has 0 radical (unpaired) electrons. The van der Waals surface area contributed by atoms with E-state index >= 15 is 0 Å². The molecule has 1 nitrogen and oxygen atoms in total. The van der Waals surface area contributed by atoms with E-state index in [4.69, 9.17) is 11.6 Å². The molecule has 3 rings (SSSR count). The molecule has 0 heterocycles. The minimum absolute atomic E-state index is 0.174. The van der Waals surface area contributed by atoms with Crippen molar-refractivity contribution < 1.29 is 9.18 Å². The van der Waals surface area contributed by atoms with Crippen molar-refractivity contribution >= 4 is 17.4 Å². The van der Waals surface area contributed by atoms with Crippen LogP contribution in [0, 0.1) is 5.82 Å². The number of rotatable bonds is 4. The van der Waals surface area contributed by atoms with E-state index < -0.39 is 0 Å². The first kappa shape index (κ1) is 14.3. The second-order valence-corrected chi connectivity index (χ2v) is 6.04. The van der Waals surface area contributed by atoms with Gasteiger partial charge in [0.05, 0.1) is 5.41 Å². The Bertz CT molecular complexity index is 662. The highest BCUT2D eigenvalue weighted by Crippen LogP contribution is 2.45. The molecule has 1 fully saturated rings. The van der Waals surface area contributed by atoms with E-state index in [1.54, 1.807) is 6.07 Å². The molecule has 3 heteroatoms. The molecule has 2 aromatic carbocycles. The fraction of sp³-hybridized carbons (Fsp3) is 0.278. The zero-order valence-corrected chi connectivity index (χ0v) is 12.4. The number of Topliss-reactive ketones (excluding diaryl/α,β-unsaturated/α-hetero) is 1. The van der Waals surface area contributed by atoms with E-state index in [1.165, 1.54) is 12.1 Å². The van der Waals surface area contributed by atoms with Gasteiger partial charge in [0.1, 0.15) is 11.6 Å². The third kappa shape index (κ3) is 2.60. The maximum Gasteiger partial charge on any atom is 0.147 e. The molecule has 0 spiro atoms. The molecule has 0 bridgehead atoms. The van der Waals surface area contributed by atoms with Crippen molar-refractivity contribution in [2.75, 3.05) is 0 Å². The van der Waals surface area contributed by atoms with Crippen molar-refractivity contribution in [3.05, 3.63) is 70.5 Å². The minimum atomic E-state index is -0.377. The van der Waals surface area contributed by atoms with Crippen molar-refractivity contribution in [1.82, 2.24) is 0 Å². The number of halogens is 2. The number of carbonyl (C=O) groups excluding carboxylic acids is 1. The normalized spacial score (nSPS) is 16.3. The van der Waals surface area contributed by atoms with Crippen molar-refractivity contribution in [1.29, 1.82) is 0 Å². The van der Waals surface area contributed by atoms with Gasteiger partial charge in [-0.1, -0.05) is 54.4 Å². The summed E-state index contributed by atoms with van der Waals surface area (Å²) in [5.74, 6) is -0.203. The number of hydrogen-bond acceptors (Lipinski definition) is 1. The second-order valence-electron chi connectivity index (χ2n) is 5.64. The average molecular weight is 303 g/mol. The highest BCUT2D eigenvalue weighted by molar-refractivity contribution is 6.31. The summed E-state index contributed by atoms with van der Waals surface area (Å²) in [5, 5.41) is 0.325. The standard InChI is InChI=1S/C18H16ClFO/c19-16-12-15(20)8-7-13(16)11-17(21)18(9-4-10-18)14-5-2-1-3-6-14/h1-3,5-8,12H,4,9-11H2. The van der Waals surface area contributed by atoms with Gasteiger partial charge in [-0.15, -0.1) is 0 Å². The molecule has 0 amide bonds. The maximum atomic E-state index is 13.1. The zero-order valence-electron chi connectivity index (χ0n) is 11.6. The summed E-state index contributed by atoms with van der Waals surface area (Å²) in [6, 6.07) is 14.1. The van der Waals surface area contributed by atoms with E-state index in [0.29, 0.717) is 10.6 Å². The third-order valence-corrected chi connectivity index (χ3v) is 4.79. The summed E-state index contributed by atoms with van der Waals surface area (Å²) in [6.07, 6.45) is 3.09. The Balaban J connectivity index is 1.87. The SMILES string of the molecule is O=C(Cc1ccc(F)cc1Cl)C1(c2ccccc2)CCC1. The van der Waals surface area contributed by atoms with Gasteiger partial charge in [0.25, 0.3) is 0 Å². The van der Waals surface area contributed by atoms with Crippen LogP contribution in [0.25, 0.3) is 0 Å². The van der Waals surface area contributed by atoms with Crippen LogP contribution in [0.4, 0.5) is 4.39 Å². The summed E-state index contributed by atoms with van der Waals surface area (Å²) in [6.45, 7) is 0. The van der Waals surface area contributed by atoms with Gasteiger partial charge >= 0.3 is 0 Å². The van der Waals surface area contributed by atoms with E-state index in [0.717, 1.165) is 24.8 Å². The zero-order chi connectivity index (χ0) is 14.9. The Morgan fingerprint density at radius 3 is 2.43 bits per heavy atom. The Kier molecular flexibility index (Phi) is 3.81. The average Bonchev–Trinajstić information content (AvgIpc) is 2.42. The van der Waals surface area contributed by atoms with Crippen LogP contribution in [-0.2, 0) is 16.6 Å². The van der Waals surface area contributed by atoms with Gasteiger partial charge in [0.2, 0.25) is 0 Å². The Morgan fingerprint density at radius 1 is 1.14 bits per heavy atom. The molecule has 0 saturated heterocycles. The lowest BCUT2D eigenvalue weighted by molar-refractivity contribution is -0.127. The molecule has 0 unspecified atom stereocenters. The van der Waals surface area contributed by atoms with Gasteiger partial charge in [0.15, 0.2) is 0 Å². The molecular weight excluding hydrogens is 287 g/mol. The molecule has 1 aliphatic carbocycles. The van der Waals surface area contributed by atoms with Crippen LogP contribution in [0.3, 0.4) is 0 Å². The Morgan fingerprint density at radius 2 is 1.86 bits per heavy atom. The number of carbonyl (C=O) groups is 1. The molecule has 0 N–H and O–H groups in total. The molecule has 2 aromatic rings. The van der Waals surface area contributed by atoms with Crippen molar-refractivity contribution in [2.24, 2.45) is 0 Å². The van der Waals surface area contributed by atoms with Gasteiger partial charge in [-0.3, -0.25) is 4.79 Å². The summed E-state index contributed by atoms with van der Waals surface area (Å²) in [4.78, 5) is 12.8. The first-order valence-electron chi connectivity index (χ1n) is 7.15. The third-order valence-electron chi connectivity index (χ3n) is 4.43. The lowest BCUT2D eigenvalue weighted by Gasteiger charge is -2.41. The van der Waals surface area contributed by atoms with E-state index in [2.05, 4.69) is 0 Å². The molecular formula is C18H16ClFO. The van der Waals surface area contributed by atoms with E-state index in [9.17, 15) is 9.18 Å². The summed E-state index contributed by atoms with van der Waals surface area (Å²) >= 11 is 6.04. The van der Waals surface area contributed by atoms with Gasteiger partial charge in [-0.2, -0.15) is 0 Å². The number of benzene rings is 2. The minimum Gasteiger partial charge on any atom is -0.298 e. The molecule has 108 valence electrons. The van der Waals surface area contributed by atoms with Crippen molar-refractivity contribution in [3.63, 3.8) is 0 Å². The van der Waals surface area contributed by atoms with Gasteiger partial charge in [-0.25, -0.2) is 4.39 Å². The van der Waals surface area contributed by atoms with Crippen LogP contribution in [0.5, 0.6) is 0 Å². The number of ketones is 1. The topological polar surface area (TPSA) is 17.1 Å². The number of hydrogen-bond donors (Lipinski definition) is 0. The van der Waals surface area contributed by atoms with Crippen LogP contribution in [0.15, 0.2) is 48.5 Å².